The van der Waals surface area contributed by atoms with Crippen molar-refractivity contribution in [2.75, 3.05) is 6.61 Å². The van der Waals surface area contributed by atoms with Gasteiger partial charge in [0.15, 0.2) is 11.6 Å². The minimum absolute atomic E-state index is 0.167. The molecule has 0 saturated carbocycles. The third-order valence-corrected chi connectivity index (χ3v) is 4.80. The molecule has 0 unspecified atom stereocenters. The molecule has 0 saturated heterocycles. The molecule has 0 aliphatic rings. The number of hydrogen-bond donors (Lipinski definition) is 2. The molecule has 3 N–H and O–H groups in total. The van der Waals surface area contributed by atoms with Crippen molar-refractivity contribution in [2.24, 2.45) is 5.73 Å². The summed E-state index contributed by atoms with van der Waals surface area (Å²) in [6.07, 6.45) is 10.4. The summed E-state index contributed by atoms with van der Waals surface area (Å²) in [5.74, 6) is 1.32. The fraction of sp³-hybridized carbons (Fsp3) is 0.625. The van der Waals surface area contributed by atoms with E-state index in [1.54, 1.807) is 12.1 Å². The molecule has 1 aromatic heterocycles. The normalized spacial score (nSPS) is 11.5. The van der Waals surface area contributed by atoms with Gasteiger partial charge in [-0.1, -0.05) is 70.9 Å². The van der Waals surface area contributed by atoms with Crippen LogP contribution in [0.2, 0.25) is 0 Å². The SMILES string of the molecule is CC(=N)N.CCCCCCCCOc1ccc(-c2noc([C@@H](C)CCCC)n2)cc1F. The lowest BCUT2D eigenvalue weighted by atomic mass is 10.0. The number of nitrogens with one attached hydrogen (secondary N) is 1. The van der Waals surface area contributed by atoms with E-state index in [1.807, 2.05) is 0 Å². The fourth-order valence-corrected chi connectivity index (χ4v) is 3.01. The van der Waals surface area contributed by atoms with E-state index < -0.39 is 0 Å². The summed E-state index contributed by atoms with van der Waals surface area (Å²) >= 11 is 0. The number of rotatable bonds is 13. The van der Waals surface area contributed by atoms with Gasteiger partial charge in [0, 0.05) is 11.5 Å². The molecule has 0 fully saturated rings. The van der Waals surface area contributed by atoms with Gasteiger partial charge in [-0.2, -0.15) is 4.98 Å². The van der Waals surface area contributed by atoms with Gasteiger partial charge in [0.1, 0.15) is 0 Å². The second-order valence-corrected chi connectivity index (χ2v) is 7.94. The van der Waals surface area contributed by atoms with Gasteiger partial charge in [0.2, 0.25) is 11.7 Å². The first kappa shape index (κ1) is 26.6. The van der Waals surface area contributed by atoms with Gasteiger partial charge in [0.25, 0.3) is 0 Å². The standard InChI is InChI=1S/C22H33FN2O2.C2H6N2/c1-4-6-8-9-10-11-15-26-20-14-13-18(16-19(20)23)21-24-22(27-25-21)17(3)12-7-5-2;1-2(3)4/h13-14,16-17H,4-12,15H2,1-3H3;1H3,(H3,3,4)/t17-;/m0./s1. The Labute approximate surface area is 186 Å². The summed E-state index contributed by atoms with van der Waals surface area (Å²) in [5.41, 5.74) is 5.30. The lowest BCUT2D eigenvalue weighted by molar-refractivity contribution is 0.290. The number of amidine groups is 1. The molecule has 0 radical (unpaired) electrons. The zero-order valence-electron chi connectivity index (χ0n) is 19.5. The van der Waals surface area contributed by atoms with Crippen LogP contribution in [0.5, 0.6) is 5.75 Å². The Morgan fingerprint density at radius 3 is 2.42 bits per heavy atom. The quantitative estimate of drug-likeness (QED) is 0.204. The first-order valence-electron chi connectivity index (χ1n) is 11.5. The zero-order chi connectivity index (χ0) is 23.1. The Kier molecular flexibility index (Phi) is 13.2. The van der Waals surface area contributed by atoms with Gasteiger partial charge in [-0.05, 0) is 38.0 Å². The van der Waals surface area contributed by atoms with Crippen LogP contribution >= 0.6 is 0 Å². The van der Waals surface area contributed by atoms with Crippen molar-refractivity contribution in [3.8, 4) is 17.1 Å². The lowest BCUT2D eigenvalue weighted by Gasteiger charge is -2.08. The van der Waals surface area contributed by atoms with E-state index in [0.717, 1.165) is 32.1 Å². The van der Waals surface area contributed by atoms with Gasteiger partial charge in [-0.3, -0.25) is 5.41 Å². The monoisotopic (exact) mass is 434 g/mol. The van der Waals surface area contributed by atoms with E-state index >= 15 is 0 Å². The van der Waals surface area contributed by atoms with Gasteiger partial charge >= 0.3 is 0 Å². The third kappa shape index (κ3) is 10.9. The molecule has 1 aromatic carbocycles. The molecule has 6 nitrogen and oxygen atoms in total. The fourth-order valence-electron chi connectivity index (χ4n) is 3.01. The van der Waals surface area contributed by atoms with Crippen LogP contribution in [-0.4, -0.2) is 22.6 Å². The van der Waals surface area contributed by atoms with Crippen LogP contribution in [0, 0.1) is 11.2 Å². The highest BCUT2D eigenvalue weighted by molar-refractivity contribution is 5.73. The van der Waals surface area contributed by atoms with Gasteiger partial charge in [0.05, 0.1) is 12.4 Å². The number of nitrogens with zero attached hydrogens (tertiary/aromatic N) is 2. The predicted octanol–water partition coefficient (Wildman–Crippen LogP) is 6.85. The molecule has 2 rings (SSSR count). The molecule has 2 aromatic rings. The molecule has 31 heavy (non-hydrogen) atoms. The third-order valence-electron chi connectivity index (χ3n) is 4.80. The number of halogens is 1. The molecular formula is C24H39FN4O2. The second-order valence-electron chi connectivity index (χ2n) is 7.94. The lowest BCUT2D eigenvalue weighted by Crippen LogP contribution is -2.00. The Bertz CT molecular complexity index is 760. The molecular weight excluding hydrogens is 395 g/mol. The van der Waals surface area contributed by atoms with Crippen molar-refractivity contribution < 1.29 is 13.7 Å². The molecule has 0 aliphatic carbocycles. The Hall–Kier alpha value is -2.44. The maximum absolute atomic E-state index is 14.3. The average molecular weight is 435 g/mol. The minimum Gasteiger partial charge on any atom is -0.491 e. The molecule has 0 bridgehead atoms. The number of aromatic nitrogens is 2. The summed E-state index contributed by atoms with van der Waals surface area (Å²) in [4.78, 5) is 4.43. The van der Waals surface area contributed by atoms with E-state index in [1.165, 1.54) is 38.7 Å². The van der Waals surface area contributed by atoms with E-state index in [2.05, 4.69) is 30.9 Å². The summed E-state index contributed by atoms with van der Waals surface area (Å²) in [7, 11) is 0. The average Bonchev–Trinajstić information content (AvgIpc) is 3.22. The van der Waals surface area contributed by atoms with Crippen molar-refractivity contribution in [3.05, 3.63) is 29.9 Å². The number of nitrogens with two attached hydrogens (primary N) is 1. The van der Waals surface area contributed by atoms with E-state index in [-0.39, 0.29) is 23.3 Å². The van der Waals surface area contributed by atoms with Gasteiger partial charge in [-0.25, -0.2) is 4.39 Å². The Morgan fingerprint density at radius 2 is 1.77 bits per heavy atom. The molecule has 174 valence electrons. The van der Waals surface area contributed by atoms with Crippen molar-refractivity contribution in [3.63, 3.8) is 0 Å². The van der Waals surface area contributed by atoms with Gasteiger partial charge < -0.3 is 15.0 Å². The predicted molar refractivity (Wildman–Crippen MR) is 124 cm³/mol. The summed E-state index contributed by atoms with van der Waals surface area (Å²) in [5, 5.41) is 10.3. The van der Waals surface area contributed by atoms with Crippen molar-refractivity contribution in [1.29, 1.82) is 5.41 Å². The van der Waals surface area contributed by atoms with Crippen LogP contribution in [0.25, 0.3) is 11.4 Å². The van der Waals surface area contributed by atoms with Crippen LogP contribution in [-0.2, 0) is 0 Å². The number of hydrogen-bond acceptors (Lipinski definition) is 5. The van der Waals surface area contributed by atoms with Crippen LogP contribution < -0.4 is 10.5 Å². The maximum Gasteiger partial charge on any atom is 0.229 e. The molecule has 1 atom stereocenters. The van der Waals surface area contributed by atoms with E-state index in [4.69, 9.17) is 20.4 Å². The van der Waals surface area contributed by atoms with Gasteiger partial charge in [-0.15, -0.1) is 0 Å². The first-order chi connectivity index (χ1) is 14.9. The topological polar surface area (TPSA) is 98.0 Å². The smallest absolute Gasteiger partial charge is 0.229 e. The van der Waals surface area contributed by atoms with E-state index in [0.29, 0.717) is 23.9 Å². The highest BCUT2D eigenvalue weighted by Gasteiger charge is 2.16. The number of benzene rings is 1. The number of unbranched alkanes of at least 4 members (excludes halogenated alkanes) is 6. The molecule has 0 aliphatic heterocycles. The van der Waals surface area contributed by atoms with Crippen LogP contribution in [0.15, 0.2) is 22.7 Å². The second kappa shape index (κ2) is 15.4. The molecule has 0 spiro atoms. The number of ether oxygens (including phenoxy) is 1. The Morgan fingerprint density at radius 1 is 1.13 bits per heavy atom. The summed E-state index contributed by atoms with van der Waals surface area (Å²) in [6, 6.07) is 4.85. The van der Waals surface area contributed by atoms with Crippen LogP contribution in [0.3, 0.4) is 0 Å². The highest BCUT2D eigenvalue weighted by atomic mass is 19.1. The summed E-state index contributed by atoms with van der Waals surface area (Å²) < 4.78 is 25.3. The highest BCUT2D eigenvalue weighted by Crippen LogP contribution is 2.26. The zero-order valence-corrected chi connectivity index (χ0v) is 19.5. The molecule has 7 heteroatoms. The molecule has 0 amide bonds. The molecule has 1 heterocycles. The largest absolute Gasteiger partial charge is 0.491 e. The van der Waals surface area contributed by atoms with Crippen molar-refractivity contribution in [2.45, 2.75) is 91.4 Å². The first-order valence-corrected chi connectivity index (χ1v) is 11.5. The van der Waals surface area contributed by atoms with Crippen LogP contribution in [0.4, 0.5) is 4.39 Å². The summed E-state index contributed by atoms with van der Waals surface area (Å²) in [6.45, 7) is 8.51. The minimum atomic E-state index is -0.385. The van der Waals surface area contributed by atoms with Crippen molar-refractivity contribution in [1.82, 2.24) is 10.1 Å². The van der Waals surface area contributed by atoms with E-state index in [9.17, 15) is 4.39 Å². The van der Waals surface area contributed by atoms with Crippen LogP contribution in [0.1, 0.15) is 97.3 Å². The Balaban J connectivity index is 0.00000110. The maximum atomic E-state index is 14.3. The van der Waals surface area contributed by atoms with Crippen molar-refractivity contribution >= 4 is 5.84 Å².